The van der Waals surface area contributed by atoms with Gasteiger partial charge in [-0.25, -0.2) is 4.68 Å². The lowest BCUT2D eigenvalue weighted by atomic mass is 10.4. The van der Waals surface area contributed by atoms with Crippen LogP contribution in [0.5, 0.6) is 0 Å². The number of rotatable bonds is 5. The molecule has 0 saturated heterocycles. The predicted octanol–water partition coefficient (Wildman–Crippen LogP) is 0.148. The van der Waals surface area contributed by atoms with Crippen LogP contribution >= 0.6 is 0 Å². The maximum atomic E-state index is 12.2. The summed E-state index contributed by atoms with van der Waals surface area (Å²) in [6, 6.07) is 0. The van der Waals surface area contributed by atoms with E-state index in [-0.39, 0.29) is 19.6 Å². The summed E-state index contributed by atoms with van der Waals surface area (Å²) in [6.07, 6.45) is -2.98. The zero-order valence-corrected chi connectivity index (χ0v) is 9.81. The average molecular weight is 265 g/mol. The van der Waals surface area contributed by atoms with Crippen LogP contribution in [-0.4, -0.2) is 45.1 Å². The Kier molecular flexibility index (Phi) is 4.65. The summed E-state index contributed by atoms with van der Waals surface area (Å²) in [5.41, 5.74) is 5.78. The van der Waals surface area contributed by atoms with Crippen molar-refractivity contribution in [2.45, 2.75) is 26.2 Å². The second kappa shape index (κ2) is 5.80. The third-order valence-electron chi connectivity index (χ3n) is 2.20. The first-order chi connectivity index (χ1) is 8.35. The van der Waals surface area contributed by atoms with Gasteiger partial charge in [-0.2, -0.15) is 13.2 Å². The van der Waals surface area contributed by atoms with Crippen LogP contribution in [0.1, 0.15) is 12.6 Å². The van der Waals surface area contributed by atoms with Gasteiger partial charge >= 0.3 is 6.18 Å². The number of hydrogen-bond donors (Lipinski definition) is 1. The fourth-order valence-corrected chi connectivity index (χ4v) is 1.34. The molecule has 0 aliphatic rings. The van der Waals surface area contributed by atoms with E-state index in [0.717, 1.165) is 0 Å². The molecule has 2 N–H and O–H groups in total. The van der Waals surface area contributed by atoms with E-state index in [2.05, 4.69) is 10.3 Å². The number of likely N-dealkylation sites (N-methyl/N-ethyl adjacent to an activating group) is 1. The van der Waals surface area contributed by atoms with Gasteiger partial charge in [-0.1, -0.05) is 5.21 Å². The molecule has 1 aromatic rings. The van der Waals surface area contributed by atoms with E-state index in [1.165, 1.54) is 17.8 Å². The highest BCUT2D eigenvalue weighted by Gasteiger charge is 2.32. The number of amides is 1. The van der Waals surface area contributed by atoms with E-state index in [4.69, 9.17) is 5.73 Å². The van der Waals surface area contributed by atoms with Crippen molar-refractivity contribution in [1.82, 2.24) is 19.9 Å². The molecule has 0 unspecified atom stereocenters. The largest absolute Gasteiger partial charge is 0.406 e. The Hall–Kier alpha value is -1.64. The predicted molar refractivity (Wildman–Crippen MR) is 56.2 cm³/mol. The first-order valence-electron chi connectivity index (χ1n) is 5.29. The van der Waals surface area contributed by atoms with Crippen molar-refractivity contribution in [1.29, 1.82) is 0 Å². The SMILES string of the molecule is CCN(CC(F)(F)F)C(=O)Cn1cc(CN)nn1. The lowest BCUT2D eigenvalue weighted by Gasteiger charge is -2.22. The van der Waals surface area contributed by atoms with Gasteiger partial charge in [0.15, 0.2) is 0 Å². The zero-order valence-electron chi connectivity index (χ0n) is 9.81. The quantitative estimate of drug-likeness (QED) is 0.822. The first-order valence-corrected chi connectivity index (χ1v) is 5.29. The molecule has 0 aromatic carbocycles. The molecular weight excluding hydrogens is 251 g/mol. The van der Waals surface area contributed by atoms with E-state index in [1.807, 2.05) is 0 Å². The van der Waals surface area contributed by atoms with Gasteiger partial charge in [-0.05, 0) is 6.92 Å². The summed E-state index contributed by atoms with van der Waals surface area (Å²) in [5, 5.41) is 7.24. The molecule has 1 heterocycles. The van der Waals surface area contributed by atoms with Gasteiger partial charge < -0.3 is 10.6 Å². The number of hydrogen-bond acceptors (Lipinski definition) is 4. The molecule has 102 valence electrons. The molecule has 9 heteroatoms. The van der Waals surface area contributed by atoms with E-state index < -0.39 is 18.6 Å². The van der Waals surface area contributed by atoms with Crippen molar-refractivity contribution in [3.8, 4) is 0 Å². The van der Waals surface area contributed by atoms with Crippen LogP contribution in [0.4, 0.5) is 13.2 Å². The van der Waals surface area contributed by atoms with E-state index in [9.17, 15) is 18.0 Å². The maximum absolute atomic E-state index is 12.2. The topological polar surface area (TPSA) is 77.0 Å². The highest BCUT2D eigenvalue weighted by molar-refractivity contribution is 5.75. The molecule has 0 aliphatic carbocycles. The van der Waals surface area contributed by atoms with E-state index >= 15 is 0 Å². The molecule has 1 aromatic heterocycles. The van der Waals surface area contributed by atoms with Gasteiger partial charge in [-0.15, -0.1) is 5.10 Å². The number of carbonyl (C=O) groups excluding carboxylic acids is 1. The van der Waals surface area contributed by atoms with Crippen molar-refractivity contribution >= 4 is 5.91 Å². The molecule has 1 rings (SSSR count). The highest BCUT2D eigenvalue weighted by atomic mass is 19.4. The molecular formula is C9H14F3N5O. The Balaban J connectivity index is 2.62. The Morgan fingerprint density at radius 2 is 2.22 bits per heavy atom. The minimum absolute atomic E-state index is 0.0171. The average Bonchev–Trinajstić information content (AvgIpc) is 2.72. The number of alkyl halides is 3. The minimum atomic E-state index is -4.41. The molecule has 0 aliphatic heterocycles. The Bertz CT molecular complexity index is 403. The van der Waals surface area contributed by atoms with Gasteiger partial charge in [0.05, 0.1) is 11.9 Å². The third-order valence-corrected chi connectivity index (χ3v) is 2.20. The summed E-state index contributed by atoms with van der Waals surface area (Å²) >= 11 is 0. The zero-order chi connectivity index (χ0) is 13.8. The number of nitrogens with two attached hydrogens (primary N) is 1. The number of halogens is 3. The summed E-state index contributed by atoms with van der Waals surface area (Å²) in [7, 11) is 0. The van der Waals surface area contributed by atoms with Crippen LogP contribution in [0, 0.1) is 0 Å². The second-order valence-corrected chi connectivity index (χ2v) is 3.63. The van der Waals surface area contributed by atoms with Crippen molar-refractivity contribution in [3.05, 3.63) is 11.9 Å². The van der Waals surface area contributed by atoms with Crippen LogP contribution in [0.2, 0.25) is 0 Å². The second-order valence-electron chi connectivity index (χ2n) is 3.63. The summed E-state index contributed by atoms with van der Waals surface area (Å²) in [5.74, 6) is -0.664. The Morgan fingerprint density at radius 3 is 2.67 bits per heavy atom. The molecule has 0 spiro atoms. The van der Waals surface area contributed by atoms with Crippen LogP contribution in [-0.2, 0) is 17.9 Å². The number of aromatic nitrogens is 3. The van der Waals surface area contributed by atoms with Crippen molar-refractivity contribution in [2.24, 2.45) is 5.73 Å². The van der Waals surface area contributed by atoms with Crippen molar-refractivity contribution in [3.63, 3.8) is 0 Å². The number of carbonyl (C=O) groups is 1. The molecule has 1 amide bonds. The van der Waals surface area contributed by atoms with Gasteiger partial charge in [0, 0.05) is 13.1 Å². The first kappa shape index (κ1) is 14.4. The maximum Gasteiger partial charge on any atom is 0.406 e. The van der Waals surface area contributed by atoms with E-state index in [1.54, 1.807) is 0 Å². The highest BCUT2D eigenvalue weighted by Crippen LogP contribution is 2.16. The smallest absolute Gasteiger partial charge is 0.332 e. The van der Waals surface area contributed by atoms with Gasteiger partial charge in [0.2, 0.25) is 5.91 Å². The number of nitrogens with zero attached hydrogens (tertiary/aromatic N) is 4. The molecule has 18 heavy (non-hydrogen) atoms. The normalized spacial score (nSPS) is 11.6. The summed E-state index contributed by atoms with van der Waals surface area (Å²) in [6.45, 7) is 0.0823. The van der Waals surface area contributed by atoms with Crippen LogP contribution in [0.15, 0.2) is 6.20 Å². The molecule has 0 radical (unpaired) electrons. The molecule has 0 fully saturated rings. The van der Waals surface area contributed by atoms with Crippen LogP contribution in [0.25, 0.3) is 0 Å². The molecule has 0 atom stereocenters. The van der Waals surface area contributed by atoms with E-state index in [0.29, 0.717) is 10.6 Å². The van der Waals surface area contributed by atoms with Crippen LogP contribution < -0.4 is 5.73 Å². The van der Waals surface area contributed by atoms with Gasteiger partial charge in [0.1, 0.15) is 13.1 Å². The summed E-state index contributed by atoms with van der Waals surface area (Å²) < 4.78 is 37.8. The lowest BCUT2D eigenvalue weighted by Crippen LogP contribution is -2.40. The Labute approximate surface area is 102 Å². The molecule has 0 saturated carbocycles. The van der Waals surface area contributed by atoms with Crippen molar-refractivity contribution in [2.75, 3.05) is 13.1 Å². The molecule has 0 bridgehead atoms. The van der Waals surface area contributed by atoms with Crippen molar-refractivity contribution < 1.29 is 18.0 Å². The minimum Gasteiger partial charge on any atom is -0.332 e. The lowest BCUT2D eigenvalue weighted by molar-refractivity contribution is -0.161. The standard InChI is InChI=1S/C9H14F3N5O/c1-2-16(6-9(10,11)12)8(18)5-17-4-7(3-13)14-15-17/h4H,2-3,5-6,13H2,1H3. The fraction of sp³-hybridized carbons (Fsp3) is 0.667. The van der Waals surface area contributed by atoms with Crippen LogP contribution in [0.3, 0.4) is 0 Å². The molecule has 6 nitrogen and oxygen atoms in total. The van der Waals surface area contributed by atoms with Gasteiger partial charge in [-0.3, -0.25) is 4.79 Å². The Morgan fingerprint density at radius 1 is 1.56 bits per heavy atom. The van der Waals surface area contributed by atoms with Gasteiger partial charge in [0.25, 0.3) is 0 Å². The monoisotopic (exact) mass is 265 g/mol. The summed E-state index contributed by atoms with van der Waals surface area (Å²) in [4.78, 5) is 12.3. The third kappa shape index (κ3) is 4.32. The fourth-order valence-electron chi connectivity index (χ4n) is 1.34.